The van der Waals surface area contributed by atoms with E-state index in [2.05, 4.69) is 9.88 Å². The molecule has 1 aliphatic rings. The first kappa shape index (κ1) is 21.7. The zero-order valence-corrected chi connectivity index (χ0v) is 18.7. The Morgan fingerprint density at radius 1 is 1.23 bits per heavy atom. The van der Waals surface area contributed by atoms with Crippen molar-refractivity contribution in [1.29, 1.82) is 0 Å². The number of rotatable bonds is 6. The Labute approximate surface area is 187 Å². The number of aromatic hydroxyl groups is 1. The molecule has 1 aliphatic heterocycles. The molecule has 0 aliphatic carbocycles. The molecular formula is C24H28N2O4S. The zero-order valence-electron chi connectivity index (χ0n) is 17.9. The van der Waals surface area contributed by atoms with E-state index in [1.165, 1.54) is 0 Å². The monoisotopic (exact) mass is 440 g/mol. The van der Waals surface area contributed by atoms with Crippen molar-refractivity contribution in [2.75, 3.05) is 32.9 Å². The lowest BCUT2D eigenvalue weighted by molar-refractivity contribution is 0.0340. The van der Waals surface area contributed by atoms with Gasteiger partial charge >= 0.3 is 5.97 Å². The van der Waals surface area contributed by atoms with Gasteiger partial charge in [-0.05, 0) is 31.5 Å². The minimum atomic E-state index is -0.413. The van der Waals surface area contributed by atoms with Crippen molar-refractivity contribution in [3.05, 3.63) is 64.3 Å². The molecule has 2 heterocycles. The number of phenols is 1. The van der Waals surface area contributed by atoms with Gasteiger partial charge < -0.3 is 19.6 Å². The van der Waals surface area contributed by atoms with Crippen LogP contribution in [-0.2, 0) is 16.0 Å². The number of thiol groups is 1. The van der Waals surface area contributed by atoms with E-state index in [-0.39, 0.29) is 17.6 Å². The van der Waals surface area contributed by atoms with Crippen molar-refractivity contribution < 1.29 is 19.4 Å². The van der Waals surface area contributed by atoms with Gasteiger partial charge in [0.15, 0.2) is 0 Å². The number of nitrogens with zero attached hydrogens (tertiary/aromatic N) is 1. The van der Waals surface area contributed by atoms with E-state index in [4.69, 9.17) is 22.1 Å². The van der Waals surface area contributed by atoms with Gasteiger partial charge in [0.1, 0.15) is 5.75 Å². The summed E-state index contributed by atoms with van der Waals surface area (Å²) in [5.74, 6) is -0.245. The van der Waals surface area contributed by atoms with Crippen molar-refractivity contribution in [2.45, 2.75) is 25.6 Å². The van der Waals surface area contributed by atoms with Gasteiger partial charge in [-0.2, -0.15) is 12.6 Å². The van der Waals surface area contributed by atoms with Crippen LogP contribution in [0.4, 0.5) is 0 Å². The van der Waals surface area contributed by atoms with Crippen molar-refractivity contribution in [1.82, 2.24) is 9.88 Å². The second kappa shape index (κ2) is 9.34. The number of hydrogen-bond donors (Lipinski definition) is 3. The SMILES string of the molecule is CCOC(=O)c1c(C(S)c2ccc(C)cc2)[nH]c2ccc(O)c(CN3CCOCC3)c12. The Kier molecular flexibility index (Phi) is 6.55. The molecule has 1 aromatic heterocycles. The number of aromatic nitrogens is 1. The smallest absolute Gasteiger partial charge is 0.340 e. The molecule has 1 saturated heterocycles. The third-order valence-electron chi connectivity index (χ3n) is 5.71. The van der Waals surface area contributed by atoms with Crippen LogP contribution in [0.15, 0.2) is 36.4 Å². The van der Waals surface area contributed by atoms with Gasteiger partial charge in [0, 0.05) is 41.8 Å². The molecule has 0 saturated carbocycles. The van der Waals surface area contributed by atoms with Crippen LogP contribution in [0.5, 0.6) is 5.75 Å². The Morgan fingerprint density at radius 2 is 1.94 bits per heavy atom. The van der Waals surface area contributed by atoms with E-state index in [1.54, 1.807) is 19.1 Å². The summed E-state index contributed by atoms with van der Waals surface area (Å²) in [6.07, 6.45) is 0. The number of hydrogen-bond acceptors (Lipinski definition) is 6. The number of nitrogens with one attached hydrogen (secondary N) is 1. The van der Waals surface area contributed by atoms with Gasteiger partial charge in [-0.3, -0.25) is 4.90 Å². The quantitative estimate of drug-likeness (QED) is 0.396. The zero-order chi connectivity index (χ0) is 22.0. The van der Waals surface area contributed by atoms with E-state index in [0.29, 0.717) is 36.4 Å². The third-order valence-corrected chi connectivity index (χ3v) is 6.26. The summed E-state index contributed by atoms with van der Waals surface area (Å²) in [5.41, 5.74) is 4.75. The number of aryl methyl sites for hydroxylation is 1. The summed E-state index contributed by atoms with van der Waals surface area (Å²) in [4.78, 5) is 18.7. The van der Waals surface area contributed by atoms with Gasteiger partial charge in [0.25, 0.3) is 0 Å². The number of carbonyl (C=O) groups excluding carboxylic acids is 1. The fraction of sp³-hybridized carbons (Fsp3) is 0.375. The highest BCUT2D eigenvalue weighted by Gasteiger charge is 2.28. The Bertz CT molecular complexity index is 1070. The first-order chi connectivity index (χ1) is 15.0. The van der Waals surface area contributed by atoms with E-state index >= 15 is 0 Å². The molecule has 0 bridgehead atoms. The molecule has 164 valence electrons. The molecule has 3 aromatic rings. The minimum absolute atomic E-state index is 0.168. The van der Waals surface area contributed by atoms with E-state index in [0.717, 1.165) is 35.3 Å². The number of benzene rings is 2. The van der Waals surface area contributed by atoms with Gasteiger partial charge in [-0.25, -0.2) is 4.79 Å². The molecule has 2 aromatic carbocycles. The minimum Gasteiger partial charge on any atom is -0.508 e. The molecule has 1 unspecified atom stereocenters. The van der Waals surface area contributed by atoms with Crippen molar-refractivity contribution in [3.63, 3.8) is 0 Å². The summed E-state index contributed by atoms with van der Waals surface area (Å²) in [7, 11) is 0. The second-order valence-electron chi connectivity index (χ2n) is 7.82. The first-order valence-electron chi connectivity index (χ1n) is 10.6. The van der Waals surface area contributed by atoms with Crippen LogP contribution in [0.25, 0.3) is 10.9 Å². The van der Waals surface area contributed by atoms with Crippen molar-refractivity contribution in [2.24, 2.45) is 0 Å². The summed E-state index contributed by atoms with van der Waals surface area (Å²) in [6, 6.07) is 11.6. The normalized spacial score (nSPS) is 15.8. The maximum absolute atomic E-state index is 13.1. The number of aromatic amines is 1. The molecule has 6 nitrogen and oxygen atoms in total. The van der Waals surface area contributed by atoms with Crippen LogP contribution in [-0.4, -0.2) is 53.9 Å². The number of morpholine rings is 1. The van der Waals surface area contributed by atoms with Gasteiger partial charge in [-0.15, -0.1) is 0 Å². The molecule has 0 amide bonds. The summed E-state index contributed by atoms with van der Waals surface area (Å²) < 4.78 is 10.9. The molecule has 0 radical (unpaired) electrons. The Balaban J connectivity index is 1.86. The average molecular weight is 441 g/mol. The number of esters is 1. The fourth-order valence-corrected chi connectivity index (χ4v) is 4.41. The molecule has 7 heteroatoms. The van der Waals surface area contributed by atoms with Crippen molar-refractivity contribution >= 4 is 29.5 Å². The molecular weight excluding hydrogens is 412 g/mol. The Morgan fingerprint density at radius 3 is 2.61 bits per heavy atom. The highest BCUT2D eigenvalue weighted by Crippen LogP contribution is 2.39. The lowest BCUT2D eigenvalue weighted by atomic mass is 9.99. The predicted molar refractivity (Wildman–Crippen MR) is 124 cm³/mol. The molecule has 1 atom stereocenters. The van der Waals surface area contributed by atoms with Gasteiger partial charge in [-0.1, -0.05) is 29.8 Å². The van der Waals surface area contributed by atoms with Gasteiger partial charge in [0.05, 0.1) is 30.6 Å². The number of phenolic OH excluding ortho intramolecular Hbond substituents is 1. The molecule has 2 N–H and O–H groups in total. The van der Waals surface area contributed by atoms with Gasteiger partial charge in [0.2, 0.25) is 0 Å². The summed E-state index contributed by atoms with van der Waals surface area (Å²) in [5, 5.41) is 11.1. The van der Waals surface area contributed by atoms with Crippen LogP contribution in [0.3, 0.4) is 0 Å². The van der Waals surface area contributed by atoms with Crippen LogP contribution in [0.2, 0.25) is 0 Å². The number of fused-ring (bicyclic) bond motifs is 1. The lowest BCUT2D eigenvalue weighted by Gasteiger charge is -2.27. The largest absolute Gasteiger partial charge is 0.508 e. The Hall–Kier alpha value is -2.48. The number of carbonyl (C=O) groups is 1. The molecule has 31 heavy (non-hydrogen) atoms. The maximum Gasteiger partial charge on any atom is 0.340 e. The van der Waals surface area contributed by atoms with E-state index in [9.17, 15) is 9.90 Å². The first-order valence-corrected chi connectivity index (χ1v) is 11.1. The highest BCUT2D eigenvalue weighted by molar-refractivity contribution is 7.80. The maximum atomic E-state index is 13.1. The number of H-pyrrole nitrogens is 1. The standard InChI is InChI=1S/C24H28N2O4S/c1-3-30-24(28)21-20-17(14-26-10-12-29-13-11-26)19(27)9-8-18(20)25-22(21)23(31)16-6-4-15(2)5-7-16/h4-9,23,25,27,31H,3,10-14H2,1-2H3. The predicted octanol–water partition coefficient (Wildman–Crippen LogP) is 4.21. The fourth-order valence-electron chi connectivity index (χ4n) is 4.05. The van der Waals surface area contributed by atoms with Crippen LogP contribution in [0.1, 0.15) is 44.9 Å². The van der Waals surface area contributed by atoms with E-state index in [1.807, 2.05) is 31.2 Å². The van der Waals surface area contributed by atoms with Crippen LogP contribution < -0.4 is 0 Å². The second-order valence-corrected chi connectivity index (χ2v) is 8.34. The summed E-state index contributed by atoms with van der Waals surface area (Å²) >= 11 is 4.85. The van der Waals surface area contributed by atoms with E-state index < -0.39 is 5.97 Å². The molecule has 4 rings (SSSR count). The topological polar surface area (TPSA) is 74.8 Å². The average Bonchev–Trinajstić information content (AvgIpc) is 3.17. The third kappa shape index (κ3) is 4.44. The van der Waals surface area contributed by atoms with Crippen LogP contribution in [0, 0.1) is 6.92 Å². The number of ether oxygens (including phenoxy) is 2. The van der Waals surface area contributed by atoms with Crippen molar-refractivity contribution in [3.8, 4) is 5.75 Å². The lowest BCUT2D eigenvalue weighted by Crippen LogP contribution is -2.35. The molecule has 1 fully saturated rings. The molecule has 0 spiro atoms. The van der Waals surface area contributed by atoms with Crippen LogP contribution >= 0.6 is 12.6 Å². The highest BCUT2D eigenvalue weighted by atomic mass is 32.1. The summed E-state index contributed by atoms with van der Waals surface area (Å²) in [6.45, 7) is 7.49.